The molecule has 0 bridgehead atoms. The largest absolute Gasteiger partial charge is 0.476 e. The number of hydrogen-bond acceptors (Lipinski definition) is 3. The Kier molecular flexibility index (Phi) is 4.57. The third-order valence-electron chi connectivity index (χ3n) is 2.94. The number of rotatable bonds is 4. The molecule has 0 saturated carbocycles. The lowest BCUT2D eigenvalue weighted by molar-refractivity contribution is 0.238. The zero-order valence-corrected chi connectivity index (χ0v) is 10.3. The summed E-state index contributed by atoms with van der Waals surface area (Å²) in [7, 11) is 0. The van der Waals surface area contributed by atoms with E-state index in [-0.39, 0.29) is 10.9 Å². The van der Waals surface area contributed by atoms with Crippen LogP contribution in [0.1, 0.15) is 19.3 Å². The van der Waals surface area contributed by atoms with E-state index < -0.39 is 5.82 Å². The van der Waals surface area contributed by atoms with Crippen molar-refractivity contribution in [3.63, 3.8) is 0 Å². The van der Waals surface area contributed by atoms with Crippen molar-refractivity contribution < 1.29 is 9.13 Å². The monoisotopic (exact) mass is 258 g/mol. The van der Waals surface area contributed by atoms with Gasteiger partial charge in [0.25, 0.3) is 0 Å². The Morgan fingerprint density at radius 1 is 1.59 bits per heavy atom. The number of pyridine rings is 1. The first kappa shape index (κ1) is 12.6. The first-order valence-corrected chi connectivity index (χ1v) is 6.28. The van der Waals surface area contributed by atoms with Crippen molar-refractivity contribution in [2.75, 3.05) is 19.7 Å². The zero-order chi connectivity index (χ0) is 12.1. The molecule has 0 radical (unpaired) electrons. The SMILES string of the molecule is Fc1cc(Cl)cnc1OCCC1CCCNC1. The van der Waals surface area contributed by atoms with E-state index in [9.17, 15) is 4.39 Å². The molecule has 3 nitrogen and oxygen atoms in total. The second kappa shape index (κ2) is 6.17. The molecular formula is C12H16ClFN2O. The Morgan fingerprint density at radius 3 is 3.18 bits per heavy atom. The third kappa shape index (κ3) is 3.82. The maximum Gasteiger partial charge on any atom is 0.250 e. The van der Waals surface area contributed by atoms with Gasteiger partial charge in [0.05, 0.1) is 11.6 Å². The van der Waals surface area contributed by atoms with Crippen molar-refractivity contribution in [1.29, 1.82) is 0 Å². The summed E-state index contributed by atoms with van der Waals surface area (Å²) in [6.07, 6.45) is 4.74. The maximum absolute atomic E-state index is 13.3. The van der Waals surface area contributed by atoms with E-state index in [1.165, 1.54) is 25.1 Å². The first-order valence-electron chi connectivity index (χ1n) is 5.90. The van der Waals surface area contributed by atoms with Gasteiger partial charge in [0.15, 0.2) is 5.82 Å². The van der Waals surface area contributed by atoms with Crippen LogP contribution in [0.15, 0.2) is 12.3 Å². The lowest BCUT2D eigenvalue weighted by Gasteiger charge is -2.22. The Hall–Kier alpha value is -0.870. The van der Waals surface area contributed by atoms with Crippen LogP contribution in [0.4, 0.5) is 4.39 Å². The number of nitrogens with one attached hydrogen (secondary N) is 1. The minimum absolute atomic E-state index is 0.0400. The molecule has 0 aliphatic carbocycles. The van der Waals surface area contributed by atoms with E-state index >= 15 is 0 Å². The summed E-state index contributed by atoms with van der Waals surface area (Å²) >= 11 is 5.61. The normalized spacial score (nSPS) is 20.2. The summed E-state index contributed by atoms with van der Waals surface area (Å²) in [5.41, 5.74) is 0. The van der Waals surface area contributed by atoms with Crippen molar-refractivity contribution in [3.05, 3.63) is 23.1 Å². The first-order chi connectivity index (χ1) is 8.25. The van der Waals surface area contributed by atoms with Crippen LogP contribution >= 0.6 is 11.6 Å². The lowest BCUT2D eigenvalue weighted by atomic mass is 9.97. The predicted octanol–water partition coefficient (Wildman–Crippen LogP) is 2.64. The van der Waals surface area contributed by atoms with Crippen LogP contribution in [-0.4, -0.2) is 24.7 Å². The Balaban J connectivity index is 1.77. The molecule has 1 aromatic heterocycles. The second-order valence-corrected chi connectivity index (χ2v) is 4.73. The summed E-state index contributed by atoms with van der Waals surface area (Å²) < 4.78 is 18.7. The van der Waals surface area contributed by atoms with Crippen molar-refractivity contribution in [1.82, 2.24) is 10.3 Å². The molecule has 0 amide bonds. The maximum atomic E-state index is 13.3. The molecule has 1 aliphatic rings. The summed E-state index contributed by atoms with van der Waals surface area (Å²) in [6, 6.07) is 1.21. The van der Waals surface area contributed by atoms with Gasteiger partial charge in [0.2, 0.25) is 5.88 Å². The fraction of sp³-hybridized carbons (Fsp3) is 0.583. The quantitative estimate of drug-likeness (QED) is 0.902. The molecule has 1 N–H and O–H groups in total. The van der Waals surface area contributed by atoms with Crippen LogP contribution in [0, 0.1) is 11.7 Å². The van der Waals surface area contributed by atoms with Gasteiger partial charge in [0, 0.05) is 6.20 Å². The molecule has 1 atom stereocenters. The number of nitrogens with zero attached hydrogens (tertiary/aromatic N) is 1. The van der Waals surface area contributed by atoms with Crippen LogP contribution in [0.2, 0.25) is 5.02 Å². The standard InChI is InChI=1S/C12H16ClFN2O/c13-10-6-11(14)12(16-8-10)17-5-3-9-2-1-4-15-7-9/h6,8-9,15H,1-5,7H2. The second-order valence-electron chi connectivity index (χ2n) is 4.29. The highest BCUT2D eigenvalue weighted by molar-refractivity contribution is 6.30. The van der Waals surface area contributed by atoms with Crippen LogP contribution in [0.5, 0.6) is 5.88 Å². The molecule has 1 fully saturated rings. The molecule has 17 heavy (non-hydrogen) atoms. The Labute approximate surface area is 105 Å². The Morgan fingerprint density at radius 2 is 2.47 bits per heavy atom. The molecule has 2 rings (SSSR count). The topological polar surface area (TPSA) is 34.1 Å². The fourth-order valence-corrected chi connectivity index (χ4v) is 2.15. The van der Waals surface area contributed by atoms with Crippen LogP contribution in [-0.2, 0) is 0 Å². The number of aromatic nitrogens is 1. The van der Waals surface area contributed by atoms with Crippen LogP contribution in [0.25, 0.3) is 0 Å². The van der Waals surface area contributed by atoms with Crippen LogP contribution < -0.4 is 10.1 Å². The summed E-state index contributed by atoms with van der Waals surface area (Å²) in [5, 5.41) is 3.62. The van der Waals surface area contributed by atoms with Gasteiger partial charge in [-0.25, -0.2) is 9.37 Å². The number of piperidine rings is 1. The molecule has 0 aromatic carbocycles. The summed E-state index contributed by atoms with van der Waals surface area (Å²) in [4.78, 5) is 3.82. The van der Waals surface area contributed by atoms with Crippen molar-refractivity contribution >= 4 is 11.6 Å². The molecule has 1 aliphatic heterocycles. The van der Waals surface area contributed by atoms with Gasteiger partial charge in [-0.1, -0.05) is 11.6 Å². The van der Waals surface area contributed by atoms with Gasteiger partial charge < -0.3 is 10.1 Å². The van der Waals surface area contributed by atoms with E-state index in [0.29, 0.717) is 12.5 Å². The average Bonchev–Trinajstić information content (AvgIpc) is 2.33. The smallest absolute Gasteiger partial charge is 0.250 e. The third-order valence-corrected chi connectivity index (χ3v) is 3.14. The Bertz CT molecular complexity index is 370. The molecule has 1 aromatic rings. The van der Waals surface area contributed by atoms with Gasteiger partial charge in [0.1, 0.15) is 0 Å². The molecule has 1 saturated heterocycles. The number of hydrogen-bond donors (Lipinski definition) is 1. The van der Waals surface area contributed by atoms with Crippen molar-refractivity contribution in [3.8, 4) is 5.88 Å². The highest BCUT2D eigenvalue weighted by Crippen LogP contribution is 2.19. The van der Waals surface area contributed by atoms with Gasteiger partial charge in [-0.05, 0) is 44.3 Å². The molecule has 1 unspecified atom stereocenters. The summed E-state index contributed by atoms with van der Waals surface area (Å²) in [6.45, 7) is 2.63. The average molecular weight is 259 g/mol. The molecule has 2 heterocycles. The number of ether oxygens (including phenoxy) is 1. The van der Waals surface area contributed by atoms with Crippen LogP contribution in [0.3, 0.4) is 0 Å². The molecular weight excluding hydrogens is 243 g/mol. The van der Waals surface area contributed by atoms with Gasteiger partial charge >= 0.3 is 0 Å². The highest BCUT2D eigenvalue weighted by Gasteiger charge is 2.13. The van der Waals surface area contributed by atoms with E-state index in [0.717, 1.165) is 19.5 Å². The van der Waals surface area contributed by atoms with E-state index in [1.807, 2.05) is 0 Å². The lowest BCUT2D eigenvalue weighted by Crippen LogP contribution is -2.30. The molecule has 5 heteroatoms. The van der Waals surface area contributed by atoms with Gasteiger partial charge in [-0.2, -0.15) is 0 Å². The highest BCUT2D eigenvalue weighted by atomic mass is 35.5. The predicted molar refractivity (Wildman–Crippen MR) is 64.9 cm³/mol. The van der Waals surface area contributed by atoms with Gasteiger partial charge in [-0.15, -0.1) is 0 Å². The van der Waals surface area contributed by atoms with Gasteiger partial charge in [-0.3, -0.25) is 0 Å². The van der Waals surface area contributed by atoms with Crippen molar-refractivity contribution in [2.45, 2.75) is 19.3 Å². The summed E-state index contributed by atoms with van der Waals surface area (Å²) in [5.74, 6) is 0.163. The number of halogens is 2. The van der Waals surface area contributed by atoms with Crippen molar-refractivity contribution in [2.24, 2.45) is 5.92 Å². The molecule has 0 spiro atoms. The minimum atomic E-state index is -0.501. The fourth-order valence-electron chi connectivity index (χ4n) is 2.00. The van der Waals surface area contributed by atoms with E-state index in [2.05, 4.69) is 10.3 Å². The van der Waals surface area contributed by atoms with E-state index in [1.54, 1.807) is 0 Å². The molecule has 94 valence electrons. The minimum Gasteiger partial charge on any atom is -0.476 e. The van der Waals surface area contributed by atoms with E-state index in [4.69, 9.17) is 16.3 Å². The zero-order valence-electron chi connectivity index (χ0n) is 9.59.